The molecule has 0 saturated carbocycles. The van der Waals surface area contributed by atoms with Gasteiger partial charge in [-0.3, -0.25) is 4.79 Å². The molecule has 1 rings (SSSR count). The summed E-state index contributed by atoms with van der Waals surface area (Å²) in [6.45, 7) is 0.827. The highest BCUT2D eigenvalue weighted by Gasteiger charge is 2.14. The van der Waals surface area contributed by atoms with E-state index in [0.29, 0.717) is 6.54 Å². The molecular weight excluding hydrogens is 248 g/mol. The van der Waals surface area contributed by atoms with Crippen LogP contribution in [0.1, 0.15) is 18.0 Å². The minimum Gasteiger partial charge on any atom is -0.396 e. The van der Waals surface area contributed by atoms with Gasteiger partial charge in [-0.2, -0.15) is 11.8 Å². The van der Waals surface area contributed by atoms with Gasteiger partial charge in [-0.1, -0.05) is 30.3 Å². The Balaban J connectivity index is 2.20. The first-order valence-electron chi connectivity index (χ1n) is 6.02. The maximum absolute atomic E-state index is 11.7. The molecule has 0 bridgehead atoms. The summed E-state index contributed by atoms with van der Waals surface area (Å²) < 4.78 is 0. The lowest BCUT2D eigenvalue weighted by Gasteiger charge is -2.12. The lowest BCUT2D eigenvalue weighted by molar-refractivity contribution is -0.122. The van der Waals surface area contributed by atoms with E-state index in [1.807, 2.05) is 30.3 Å². The molecule has 1 amide bonds. The number of rotatable bonds is 8. The van der Waals surface area contributed by atoms with Gasteiger partial charge in [0.05, 0.1) is 0 Å². The average Bonchev–Trinajstić information content (AvgIpc) is 2.42. The Kier molecular flexibility index (Phi) is 7.48. The highest BCUT2D eigenvalue weighted by Crippen LogP contribution is 2.09. The van der Waals surface area contributed by atoms with Crippen molar-refractivity contribution in [3.05, 3.63) is 35.9 Å². The second-order valence-electron chi connectivity index (χ2n) is 3.87. The number of nitrogens with two attached hydrogens (primary N) is 1. The van der Waals surface area contributed by atoms with Gasteiger partial charge < -0.3 is 16.2 Å². The van der Waals surface area contributed by atoms with Crippen LogP contribution in [0, 0.1) is 0 Å². The molecule has 18 heavy (non-hydrogen) atoms. The van der Waals surface area contributed by atoms with Crippen LogP contribution in [0.15, 0.2) is 30.3 Å². The quantitative estimate of drug-likeness (QED) is 0.613. The van der Waals surface area contributed by atoms with E-state index in [-0.39, 0.29) is 12.5 Å². The molecule has 0 aliphatic rings. The third-order valence-electron chi connectivity index (χ3n) is 2.43. The Morgan fingerprint density at radius 3 is 2.72 bits per heavy atom. The molecule has 5 heteroatoms. The van der Waals surface area contributed by atoms with Crippen molar-refractivity contribution in [1.82, 2.24) is 5.32 Å². The van der Waals surface area contributed by atoms with E-state index in [0.717, 1.165) is 23.5 Å². The van der Waals surface area contributed by atoms with Gasteiger partial charge in [-0.15, -0.1) is 0 Å². The Labute approximate surface area is 112 Å². The van der Waals surface area contributed by atoms with Gasteiger partial charge in [0.15, 0.2) is 0 Å². The number of hydrogen-bond acceptors (Lipinski definition) is 4. The number of thioether (sulfide) groups is 1. The molecule has 4 N–H and O–H groups in total. The van der Waals surface area contributed by atoms with Gasteiger partial charge in [-0.25, -0.2) is 0 Å². The van der Waals surface area contributed by atoms with Gasteiger partial charge >= 0.3 is 0 Å². The summed E-state index contributed by atoms with van der Waals surface area (Å²) in [5.74, 6) is 1.61. The minimum absolute atomic E-state index is 0.149. The molecule has 4 nitrogen and oxygen atoms in total. The van der Waals surface area contributed by atoms with E-state index in [1.54, 1.807) is 11.8 Å². The zero-order chi connectivity index (χ0) is 13.2. The van der Waals surface area contributed by atoms with Crippen molar-refractivity contribution < 1.29 is 9.90 Å². The van der Waals surface area contributed by atoms with E-state index in [1.165, 1.54) is 0 Å². The molecule has 0 aliphatic heterocycles. The van der Waals surface area contributed by atoms with Crippen LogP contribution in [-0.2, 0) is 4.79 Å². The summed E-state index contributed by atoms with van der Waals surface area (Å²) in [6, 6.07) is 8.72. The van der Waals surface area contributed by atoms with Crippen LogP contribution >= 0.6 is 11.8 Å². The standard InChI is InChI=1S/C13H20N2O2S/c14-12(11-5-2-1-3-6-11)13(17)15-7-10-18-9-4-8-16/h1-3,5-6,12,16H,4,7-10,14H2,(H,15,17)/t12-/m1/s1. The van der Waals surface area contributed by atoms with Crippen LogP contribution in [0.3, 0.4) is 0 Å². The molecular formula is C13H20N2O2S. The van der Waals surface area contributed by atoms with Gasteiger partial charge in [0.2, 0.25) is 5.91 Å². The number of aliphatic hydroxyl groups excluding tert-OH is 1. The topological polar surface area (TPSA) is 75.4 Å². The van der Waals surface area contributed by atoms with E-state index >= 15 is 0 Å². The second-order valence-corrected chi connectivity index (χ2v) is 5.09. The second kappa shape index (κ2) is 8.97. The van der Waals surface area contributed by atoms with E-state index in [2.05, 4.69) is 5.32 Å². The third kappa shape index (κ3) is 5.53. The molecule has 1 aromatic rings. The molecule has 0 unspecified atom stereocenters. The van der Waals surface area contributed by atoms with Crippen LogP contribution in [0.2, 0.25) is 0 Å². The summed E-state index contributed by atoms with van der Waals surface area (Å²) >= 11 is 1.71. The first-order chi connectivity index (χ1) is 8.75. The molecule has 0 radical (unpaired) electrons. The zero-order valence-electron chi connectivity index (χ0n) is 10.3. The molecule has 0 heterocycles. The molecule has 0 spiro atoms. The van der Waals surface area contributed by atoms with Crippen molar-refractivity contribution in [3.8, 4) is 0 Å². The summed E-state index contributed by atoms with van der Waals surface area (Å²) in [4.78, 5) is 11.7. The monoisotopic (exact) mass is 268 g/mol. The normalized spacial score (nSPS) is 12.1. The molecule has 0 aliphatic carbocycles. The fourth-order valence-electron chi connectivity index (χ4n) is 1.44. The zero-order valence-corrected chi connectivity index (χ0v) is 11.2. The smallest absolute Gasteiger partial charge is 0.241 e. The van der Waals surface area contributed by atoms with Crippen molar-refractivity contribution in [3.63, 3.8) is 0 Å². The summed E-state index contributed by atoms with van der Waals surface area (Å²) in [6.07, 6.45) is 0.794. The van der Waals surface area contributed by atoms with E-state index < -0.39 is 6.04 Å². The van der Waals surface area contributed by atoms with Crippen molar-refractivity contribution in [1.29, 1.82) is 0 Å². The van der Waals surface area contributed by atoms with E-state index in [9.17, 15) is 4.79 Å². The highest BCUT2D eigenvalue weighted by atomic mass is 32.2. The van der Waals surface area contributed by atoms with Gasteiger partial charge in [0.1, 0.15) is 6.04 Å². The maximum Gasteiger partial charge on any atom is 0.241 e. The van der Waals surface area contributed by atoms with Crippen LogP contribution in [-0.4, -0.2) is 35.7 Å². The van der Waals surface area contributed by atoms with Crippen LogP contribution in [0.25, 0.3) is 0 Å². The molecule has 1 atom stereocenters. The summed E-state index contributed by atoms with van der Waals surface area (Å²) in [5, 5.41) is 11.4. The molecule has 0 aromatic heterocycles. The van der Waals surface area contributed by atoms with Crippen molar-refractivity contribution in [2.45, 2.75) is 12.5 Å². The van der Waals surface area contributed by atoms with Crippen LogP contribution in [0.4, 0.5) is 0 Å². The van der Waals surface area contributed by atoms with Gasteiger partial charge in [0, 0.05) is 18.9 Å². The number of amides is 1. The number of nitrogens with one attached hydrogen (secondary N) is 1. The third-order valence-corrected chi connectivity index (χ3v) is 3.50. The summed E-state index contributed by atoms with van der Waals surface area (Å²) in [5.41, 5.74) is 6.67. The Morgan fingerprint density at radius 1 is 1.33 bits per heavy atom. The molecule has 0 fully saturated rings. The van der Waals surface area contributed by atoms with Crippen molar-refractivity contribution in [2.75, 3.05) is 24.7 Å². The predicted octanol–water partition coefficient (Wildman–Crippen LogP) is 0.918. The Bertz CT molecular complexity index is 346. The van der Waals surface area contributed by atoms with Crippen molar-refractivity contribution in [2.24, 2.45) is 5.73 Å². The maximum atomic E-state index is 11.7. The number of aliphatic hydroxyl groups is 1. The van der Waals surface area contributed by atoms with Crippen LogP contribution in [0.5, 0.6) is 0 Å². The van der Waals surface area contributed by atoms with Crippen LogP contribution < -0.4 is 11.1 Å². The average molecular weight is 268 g/mol. The lowest BCUT2D eigenvalue weighted by Crippen LogP contribution is -2.35. The number of carbonyl (C=O) groups is 1. The number of carbonyl (C=O) groups excluding carboxylic acids is 1. The van der Waals surface area contributed by atoms with Gasteiger partial charge in [-0.05, 0) is 17.7 Å². The molecule has 0 saturated heterocycles. The Morgan fingerprint density at radius 2 is 2.06 bits per heavy atom. The fraction of sp³-hybridized carbons (Fsp3) is 0.462. The molecule has 1 aromatic carbocycles. The SMILES string of the molecule is N[C@@H](C(=O)NCCSCCCO)c1ccccc1. The number of benzene rings is 1. The lowest BCUT2D eigenvalue weighted by atomic mass is 10.1. The van der Waals surface area contributed by atoms with Crippen molar-refractivity contribution >= 4 is 17.7 Å². The fourth-order valence-corrected chi connectivity index (χ4v) is 2.22. The molecule has 100 valence electrons. The highest BCUT2D eigenvalue weighted by molar-refractivity contribution is 7.99. The predicted molar refractivity (Wildman–Crippen MR) is 75.4 cm³/mol. The number of hydrogen-bond donors (Lipinski definition) is 3. The minimum atomic E-state index is -0.603. The largest absolute Gasteiger partial charge is 0.396 e. The van der Waals surface area contributed by atoms with Gasteiger partial charge in [0.25, 0.3) is 0 Å². The first kappa shape index (κ1) is 15.0. The van der Waals surface area contributed by atoms with E-state index in [4.69, 9.17) is 10.8 Å². The summed E-state index contributed by atoms with van der Waals surface area (Å²) in [7, 11) is 0. The first-order valence-corrected chi connectivity index (χ1v) is 7.18. The Hall–Kier alpha value is -1.04.